The Labute approximate surface area is 351 Å². The Hall–Kier alpha value is -2.85. The van der Waals surface area contributed by atoms with E-state index in [1.165, 1.54) is 75.1 Å². The van der Waals surface area contributed by atoms with Crippen molar-refractivity contribution in [1.82, 2.24) is 0 Å². The molecule has 53 heavy (non-hydrogen) atoms. The predicted molar refractivity (Wildman–Crippen MR) is 240 cm³/mol. The largest absolute Gasteiger partial charge is 2.00 e. The van der Waals surface area contributed by atoms with E-state index in [1.807, 2.05) is 25.2 Å². The van der Waals surface area contributed by atoms with Gasteiger partial charge in [-0.15, -0.1) is 0 Å². The molecule has 0 heterocycles. The third kappa shape index (κ3) is 13.7. The van der Waals surface area contributed by atoms with Gasteiger partial charge >= 0.3 is 23.1 Å². The van der Waals surface area contributed by atoms with Crippen LogP contribution in [0.5, 0.6) is 0 Å². The van der Waals surface area contributed by atoms with Crippen molar-refractivity contribution in [3.05, 3.63) is 173 Å². The summed E-state index contributed by atoms with van der Waals surface area (Å²) in [6.45, 7) is 13.1. The van der Waals surface area contributed by atoms with E-state index in [0.717, 1.165) is 16.1 Å². The molecule has 0 amide bonds. The molecule has 0 aromatic heterocycles. The van der Waals surface area contributed by atoms with Crippen LogP contribution in [-0.4, -0.2) is 38.5 Å². The van der Waals surface area contributed by atoms with Crippen LogP contribution in [0.4, 0.5) is 8.78 Å². The summed E-state index contributed by atoms with van der Waals surface area (Å²) in [6, 6.07) is 48.5. The molecule has 0 spiro atoms. The van der Waals surface area contributed by atoms with E-state index in [9.17, 15) is 8.78 Å². The number of aryl methyl sites for hydroxylation is 2. The monoisotopic (exact) mass is 836 g/mol. The van der Waals surface area contributed by atoms with Crippen LogP contribution in [-0.2, 0) is 12.8 Å². The van der Waals surface area contributed by atoms with Crippen molar-refractivity contribution in [3.8, 4) is 22.3 Å². The minimum atomic E-state index is -1.79. The number of hydrogen-bond acceptors (Lipinski definition) is 0. The molecule has 6 rings (SSSR count). The minimum absolute atomic E-state index is 0. The van der Waals surface area contributed by atoms with Gasteiger partial charge in [0.05, 0.1) is 0 Å². The zero-order chi connectivity index (χ0) is 37.7. The van der Waals surface area contributed by atoms with Crippen molar-refractivity contribution in [2.45, 2.75) is 65.7 Å². The maximum atomic E-state index is 13.2. The summed E-state index contributed by atoms with van der Waals surface area (Å²) in [5.74, 6) is -0.376. The molecule has 0 N–H and O–H groups in total. The molecule has 0 saturated heterocycles. The fourth-order valence-electron chi connectivity index (χ4n) is 5.91. The third-order valence-electron chi connectivity index (χ3n) is 9.20. The summed E-state index contributed by atoms with van der Waals surface area (Å²) in [6.07, 6.45) is 4.69. The molecule has 0 nitrogen and oxygen atoms in total. The quantitative estimate of drug-likeness (QED) is 0.101. The van der Waals surface area contributed by atoms with Crippen molar-refractivity contribution in [2.24, 2.45) is 0 Å². The van der Waals surface area contributed by atoms with Crippen molar-refractivity contribution in [2.75, 3.05) is 0 Å². The fraction of sp³-hybridized carbons (Fsp3) is 0.217. The normalized spacial score (nSPS) is 11.0. The molecule has 0 aliphatic rings. The van der Waals surface area contributed by atoms with Crippen LogP contribution in [0, 0.1) is 11.6 Å². The van der Waals surface area contributed by atoms with E-state index < -0.39 is 15.5 Å². The first-order chi connectivity index (χ1) is 24.8. The standard InChI is InChI=1S/C23H25FSi.C15H15Br.C8H10ClFSi.Mg.2H/c1-4-5-18-6-8-19(9-7-18)20-10-14-22(15-11-20)25(2,3)23-16-12-21(24)13-17-23;1-2-3-12-4-6-13(7-5-12)14-8-10-15(16)11-9-14;1-11(2,9)8-5-3-7(10)4-6-8;;;/h6-17H,4-5H2,1-3H3;4-11H,2-3H2,1H3;3-6H,1-2H3;;;/q;;;+2;2*-1. The predicted octanol–water partition coefficient (Wildman–Crippen LogP) is 12.7. The number of hydrogen-bond donors (Lipinski definition) is 0. The van der Waals surface area contributed by atoms with Crippen LogP contribution in [0.1, 0.15) is 40.7 Å². The van der Waals surface area contributed by atoms with Gasteiger partial charge in [0.1, 0.15) is 19.7 Å². The maximum Gasteiger partial charge on any atom is 2.00 e. The van der Waals surface area contributed by atoms with Crippen molar-refractivity contribution < 1.29 is 11.6 Å². The molecule has 0 radical (unpaired) electrons. The SMILES string of the molecule is CCCc1ccc(-c2ccc(Br)cc2)cc1.CCCc1ccc(-c2ccc([Si](C)(C)c3ccc(F)cc3)cc2)cc1.C[Si](C)(Cl)c1ccc(F)cc1.[H-].[H-].[Mg+2]. The number of halogens is 4. The minimum Gasteiger partial charge on any atom is -1.00 e. The van der Waals surface area contributed by atoms with Gasteiger partial charge in [0, 0.05) is 4.47 Å². The molecule has 0 aliphatic heterocycles. The van der Waals surface area contributed by atoms with Crippen molar-refractivity contribution in [3.63, 3.8) is 0 Å². The average molecular weight is 839 g/mol. The van der Waals surface area contributed by atoms with Crippen LogP contribution >= 0.6 is 27.0 Å². The molecular formula is C46H52BrClF2MgSi2. The zero-order valence-electron chi connectivity index (χ0n) is 33.9. The van der Waals surface area contributed by atoms with Gasteiger partial charge in [-0.05, 0) is 87.8 Å². The van der Waals surface area contributed by atoms with Gasteiger partial charge in [0.2, 0.25) is 0 Å². The van der Waals surface area contributed by atoms with Gasteiger partial charge in [0.15, 0.2) is 7.38 Å². The van der Waals surface area contributed by atoms with Gasteiger partial charge in [-0.25, -0.2) is 8.78 Å². The van der Waals surface area contributed by atoms with E-state index in [2.05, 4.69) is 140 Å². The summed E-state index contributed by atoms with van der Waals surface area (Å²) >= 11 is 9.58. The van der Waals surface area contributed by atoms with Gasteiger partial charge < -0.3 is 2.85 Å². The molecule has 0 fully saturated rings. The molecule has 0 saturated carbocycles. The topological polar surface area (TPSA) is 0 Å². The molecule has 0 bridgehead atoms. The Morgan fingerprint density at radius 1 is 0.472 bits per heavy atom. The summed E-state index contributed by atoms with van der Waals surface area (Å²) in [5.41, 5.74) is 7.87. The second-order valence-electron chi connectivity index (χ2n) is 14.1. The molecule has 6 aromatic carbocycles. The van der Waals surface area contributed by atoms with E-state index in [0.29, 0.717) is 0 Å². The zero-order valence-corrected chi connectivity index (χ0v) is 37.7. The second-order valence-corrected chi connectivity index (χ2v) is 25.8. The van der Waals surface area contributed by atoms with Crippen LogP contribution in [0.2, 0.25) is 26.2 Å². The Bertz CT molecular complexity index is 1950. The first kappa shape index (κ1) is 44.5. The smallest absolute Gasteiger partial charge is 1.00 e. The van der Waals surface area contributed by atoms with E-state index in [1.54, 1.807) is 24.3 Å². The summed E-state index contributed by atoms with van der Waals surface area (Å²) in [7, 11) is -3.54. The molecule has 0 atom stereocenters. The number of benzene rings is 6. The number of rotatable bonds is 9. The average Bonchev–Trinajstić information content (AvgIpc) is 3.14. The van der Waals surface area contributed by atoms with Crippen LogP contribution in [0.15, 0.2) is 150 Å². The molecule has 0 aliphatic carbocycles. The first-order valence-corrected chi connectivity index (χ1v) is 25.9. The summed E-state index contributed by atoms with van der Waals surface area (Å²) in [4.78, 5) is 0. The van der Waals surface area contributed by atoms with Gasteiger partial charge in [-0.1, -0.05) is 188 Å². The van der Waals surface area contributed by atoms with Crippen LogP contribution < -0.4 is 15.6 Å². The van der Waals surface area contributed by atoms with E-state index in [-0.39, 0.29) is 37.5 Å². The van der Waals surface area contributed by atoms with Gasteiger partial charge in [-0.2, -0.15) is 11.1 Å². The van der Waals surface area contributed by atoms with Crippen LogP contribution in [0.3, 0.4) is 0 Å². The molecule has 7 heteroatoms. The summed E-state index contributed by atoms with van der Waals surface area (Å²) < 4.78 is 26.8. The molecule has 6 aromatic rings. The van der Waals surface area contributed by atoms with E-state index >= 15 is 0 Å². The van der Waals surface area contributed by atoms with Crippen molar-refractivity contribution >= 4 is 81.1 Å². The second kappa shape index (κ2) is 21.3. The molecule has 274 valence electrons. The Morgan fingerprint density at radius 3 is 1.08 bits per heavy atom. The summed E-state index contributed by atoms with van der Waals surface area (Å²) in [5, 5.41) is 3.69. The Kier molecular flexibility index (Phi) is 17.9. The molecule has 0 unspecified atom stereocenters. The molecular weight excluding hydrogens is 786 g/mol. The van der Waals surface area contributed by atoms with Crippen molar-refractivity contribution in [1.29, 1.82) is 0 Å². The Balaban J connectivity index is 0.000000436. The third-order valence-corrected chi connectivity index (χ3v) is 15.6. The maximum absolute atomic E-state index is 13.2. The Morgan fingerprint density at radius 2 is 0.755 bits per heavy atom. The van der Waals surface area contributed by atoms with Gasteiger partial charge in [0.25, 0.3) is 0 Å². The van der Waals surface area contributed by atoms with Gasteiger partial charge in [-0.3, -0.25) is 0 Å². The van der Waals surface area contributed by atoms with Crippen LogP contribution in [0.25, 0.3) is 22.3 Å². The fourth-order valence-corrected chi connectivity index (χ4v) is 9.84. The van der Waals surface area contributed by atoms with E-state index in [4.69, 9.17) is 11.1 Å². The first-order valence-electron chi connectivity index (χ1n) is 18.1.